The summed E-state index contributed by atoms with van der Waals surface area (Å²) < 4.78 is 14.3. The number of allylic oxidation sites excluding steroid dienone is 1. The lowest BCUT2D eigenvalue weighted by Crippen LogP contribution is -2.19. The van der Waals surface area contributed by atoms with Crippen LogP contribution in [-0.2, 0) is 4.79 Å². The monoisotopic (exact) mass is 311 g/mol. The van der Waals surface area contributed by atoms with Crippen LogP contribution in [-0.4, -0.2) is 5.78 Å². The van der Waals surface area contributed by atoms with Crippen molar-refractivity contribution in [3.8, 4) is 0 Å². The van der Waals surface area contributed by atoms with Gasteiger partial charge >= 0.3 is 0 Å². The molecule has 1 saturated carbocycles. The van der Waals surface area contributed by atoms with Crippen LogP contribution in [0.15, 0.2) is 34.4 Å². The van der Waals surface area contributed by atoms with E-state index in [1.165, 1.54) is 6.07 Å². The van der Waals surface area contributed by atoms with Crippen LogP contribution < -0.4 is 5.32 Å². The first-order valence-electron chi connectivity index (χ1n) is 6.03. The molecule has 0 aliphatic heterocycles. The second-order valence-electron chi connectivity index (χ2n) is 4.60. The highest BCUT2D eigenvalue weighted by Crippen LogP contribution is 2.25. The van der Waals surface area contributed by atoms with Crippen LogP contribution in [0.2, 0.25) is 0 Å². The number of carbonyl (C=O) groups is 1. The van der Waals surface area contributed by atoms with Crippen molar-refractivity contribution < 1.29 is 9.18 Å². The van der Waals surface area contributed by atoms with E-state index in [0.717, 1.165) is 24.8 Å². The molecule has 0 heterocycles. The van der Waals surface area contributed by atoms with Gasteiger partial charge in [0.1, 0.15) is 5.82 Å². The van der Waals surface area contributed by atoms with Crippen LogP contribution in [0.1, 0.15) is 26.2 Å². The molecule has 0 radical (unpaired) electrons. The Hall–Kier alpha value is -1.16. The Bertz CT molecular complexity index is 499. The van der Waals surface area contributed by atoms with Crippen molar-refractivity contribution in [3.63, 3.8) is 0 Å². The zero-order valence-corrected chi connectivity index (χ0v) is 11.8. The molecule has 0 amide bonds. The van der Waals surface area contributed by atoms with Gasteiger partial charge in [-0.05, 0) is 37.5 Å². The van der Waals surface area contributed by atoms with Gasteiger partial charge in [0, 0.05) is 22.2 Å². The molecular weight excluding hydrogens is 297 g/mol. The number of hydrogen-bond donors (Lipinski definition) is 1. The fourth-order valence-corrected chi connectivity index (χ4v) is 2.42. The molecule has 1 atom stereocenters. The van der Waals surface area contributed by atoms with Gasteiger partial charge in [-0.1, -0.05) is 22.9 Å². The quantitative estimate of drug-likeness (QED) is 0.826. The van der Waals surface area contributed by atoms with Crippen LogP contribution in [0, 0.1) is 11.7 Å². The molecule has 1 N–H and O–H groups in total. The van der Waals surface area contributed by atoms with E-state index in [1.807, 2.05) is 6.92 Å². The van der Waals surface area contributed by atoms with Gasteiger partial charge in [-0.3, -0.25) is 4.79 Å². The molecule has 0 saturated heterocycles. The highest BCUT2D eigenvalue weighted by molar-refractivity contribution is 9.10. The number of carbonyl (C=O) groups excluding carboxylic acids is 1. The van der Waals surface area contributed by atoms with E-state index in [1.54, 1.807) is 18.3 Å². The predicted molar refractivity (Wildman–Crippen MR) is 73.8 cm³/mol. The lowest BCUT2D eigenvalue weighted by Gasteiger charge is -2.19. The molecule has 1 aliphatic rings. The van der Waals surface area contributed by atoms with Crippen LogP contribution in [0.3, 0.4) is 0 Å². The zero-order chi connectivity index (χ0) is 13.1. The van der Waals surface area contributed by atoms with Crippen molar-refractivity contribution in [2.24, 2.45) is 5.92 Å². The van der Waals surface area contributed by atoms with Crippen molar-refractivity contribution in [2.45, 2.75) is 26.2 Å². The summed E-state index contributed by atoms with van der Waals surface area (Å²) in [4.78, 5) is 11.9. The standard InChI is InChI=1S/C14H15BrFNO/c1-9-3-2-4-10(14(9)18)8-17-13-6-5-11(15)7-12(13)16/h5-9,17H,2-4H2,1H3. The third kappa shape index (κ3) is 2.99. The van der Waals surface area contributed by atoms with E-state index < -0.39 is 0 Å². The summed E-state index contributed by atoms with van der Waals surface area (Å²) in [5.74, 6) is -0.0784. The van der Waals surface area contributed by atoms with Crippen LogP contribution in [0.5, 0.6) is 0 Å². The molecular formula is C14H15BrFNO. The van der Waals surface area contributed by atoms with Crippen molar-refractivity contribution in [1.29, 1.82) is 0 Å². The van der Waals surface area contributed by atoms with Crippen LogP contribution in [0.4, 0.5) is 10.1 Å². The van der Waals surface area contributed by atoms with Crippen LogP contribution in [0.25, 0.3) is 0 Å². The minimum absolute atomic E-state index is 0.0848. The van der Waals surface area contributed by atoms with Crippen molar-refractivity contribution in [1.82, 2.24) is 0 Å². The van der Waals surface area contributed by atoms with Crippen molar-refractivity contribution >= 4 is 27.4 Å². The first-order chi connectivity index (χ1) is 8.58. The van der Waals surface area contributed by atoms with E-state index in [2.05, 4.69) is 21.2 Å². The normalized spacial score (nSPS) is 22.3. The van der Waals surface area contributed by atoms with Gasteiger partial charge in [0.25, 0.3) is 0 Å². The summed E-state index contributed by atoms with van der Waals surface area (Å²) >= 11 is 3.20. The van der Waals surface area contributed by atoms with Gasteiger partial charge in [-0.2, -0.15) is 0 Å². The number of hydrogen-bond acceptors (Lipinski definition) is 2. The molecule has 0 spiro atoms. The number of benzene rings is 1. The maximum absolute atomic E-state index is 13.6. The zero-order valence-electron chi connectivity index (χ0n) is 10.2. The topological polar surface area (TPSA) is 29.1 Å². The van der Waals surface area contributed by atoms with Gasteiger partial charge in [0.15, 0.2) is 5.78 Å². The van der Waals surface area contributed by atoms with Gasteiger partial charge in [-0.25, -0.2) is 4.39 Å². The Morgan fingerprint density at radius 3 is 3.00 bits per heavy atom. The minimum atomic E-state index is -0.336. The largest absolute Gasteiger partial charge is 0.359 e. The van der Waals surface area contributed by atoms with E-state index >= 15 is 0 Å². The molecule has 0 aromatic heterocycles. The summed E-state index contributed by atoms with van der Waals surface area (Å²) in [7, 11) is 0. The van der Waals surface area contributed by atoms with Crippen molar-refractivity contribution in [2.75, 3.05) is 5.32 Å². The summed E-state index contributed by atoms with van der Waals surface area (Å²) in [5, 5.41) is 2.88. The Labute approximate surface area is 114 Å². The minimum Gasteiger partial charge on any atom is -0.359 e. The van der Waals surface area contributed by atoms with Gasteiger partial charge in [-0.15, -0.1) is 0 Å². The molecule has 4 heteroatoms. The smallest absolute Gasteiger partial charge is 0.163 e. The molecule has 1 aromatic carbocycles. The average molecular weight is 312 g/mol. The van der Waals surface area contributed by atoms with Crippen molar-refractivity contribution in [3.05, 3.63) is 40.3 Å². The first-order valence-corrected chi connectivity index (χ1v) is 6.82. The number of Topliss-reactive ketones (excluding diaryl/α,β-unsaturated/α-hetero) is 1. The van der Waals surface area contributed by atoms with Gasteiger partial charge in [0.05, 0.1) is 5.69 Å². The van der Waals surface area contributed by atoms with Gasteiger partial charge < -0.3 is 5.32 Å². The Balaban J connectivity index is 2.12. The Morgan fingerprint density at radius 1 is 1.50 bits per heavy atom. The highest BCUT2D eigenvalue weighted by atomic mass is 79.9. The molecule has 1 aromatic rings. The number of halogens is 2. The Kier molecular flexibility index (Phi) is 4.17. The highest BCUT2D eigenvalue weighted by Gasteiger charge is 2.22. The average Bonchev–Trinajstić information content (AvgIpc) is 2.33. The molecule has 2 rings (SSSR count). The second kappa shape index (κ2) is 5.65. The number of rotatable bonds is 2. The Morgan fingerprint density at radius 2 is 2.28 bits per heavy atom. The van der Waals surface area contributed by atoms with Gasteiger partial charge in [0.2, 0.25) is 0 Å². The van der Waals surface area contributed by atoms with E-state index in [0.29, 0.717) is 10.2 Å². The molecule has 18 heavy (non-hydrogen) atoms. The fourth-order valence-electron chi connectivity index (χ4n) is 2.08. The molecule has 0 bridgehead atoms. The van der Waals surface area contributed by atoms with Crippen LogP contribution >= 0.6 is 15.9 Å². The predicted octanol–water partition coefficient (Wildman–Crippen LogP) is 4.27. The first kappa shape index (κ1) is 13.3. The summed E-state index contributed by atoms with van der Waals surface area (Å²) in [6.07, 6.45) is 4.38. The molecule has 1 aliphatic carbocycles. The van der Waals surface area contributed by atoms with E-state index in [-0.39, 0.29) is 17.5 Å². The summed E-state index contributed by atoms with van der Waals surface area (Å²) in [5.41, 5.74) is 1.15. The second-order valence-corrected chi connectivity index (χ2v) is 5.51. The number of nitrogens with one attached hydrogen (secondary N) is 1. The molecule has 96 valence electrons. The maximum atomic E-state index is 13.6. The lowest BCUT2D eigenvalue weighted by atomic mass is 9.86. The molecule has 1 fully saturated rings. The number of anilines is 1. The number of ketones is 1. The maximum Gasteiger partial charge on any atom is 0.163 e. The third-order valence-electron chi connectivity index (χ3n) is 3.18. The molecule has 2 nitrogen and oxygen atoms in total. The molecule has 1 unspecified atom stereocenters. The van der Waals surface area contributed by atoms with E-state index in [9.17, 15) is 9.18 Å². The SMILES string of the molecule is CC1CCCC(=CNc2ccc(Br)cc2F)C1=O. The third-order valence-corrected chi connectivity index (χ3v) is 3.67. The lowest BCUT2D eigenvalue weighted by molar-refractivity contribution is -0.119. The summed E-state index contributed by atoms with van der Waals surface area (Å²) in [6.45, 7) is 1.94. The summed E-state index contributed by atoms with van der Waals surface area (Å²) in [6, 6.07) is 4.80. The fraction of sp³-hybridized carbons (Fsp3) is 0.357. The van der Waals surface area contributed by atoms with E-state index in [4.69, 9.17) is 0 Å².